The summed E-state index contributed by atoms with van der Waals surface area (Å²) >= 11 is 1.90. The summed E-state index contributed by atoms with van der Waals surface area (Å²) in [7, 11) is 0. The zero-order valence-corrected chi connectivity index (χ0v) is 12.4. The summed E-state index contributed by atoms with van der Waals surface area (Å²) in [6.45, 7) is 4.68. The lowest BCUT2D eigenvalue weighted by Crippen LogP contribution is -2.41. The first-order valence-electron chi connectivity index (χ1n) is 7.36. The van der Waals surface area contributed by atoms with Crippen LogP contribution in [0, 0.1) is 11.8 Å². The van der Waals surface area contributed by atoms with Gasteiger partial charge in [0.15, 0.2) is 0 Å². The van der Waals surface area contributed by atoms with E-state index in [9.17, 15) is 0 Å². The number of nitrogens with two attached hydrogens (primary N) is 1. The molecule has 1 fully saturated rings. The molecule has 1 aromatic heterocycles. The molecule has 0 saturated heterocycles. The molecular weight excluding hydrogens is 240 g/mol. The molecule has 0 bridgehead atoms. The SMILES string of the molecule is CC(C)C1CCC(N)(c2nc3c(s2)CCC3)CC1. The highest BCUT2D eigenvalue weighted by Gasteiger charge is 2.37. The van der Waals surface area contributed by atoms with Crippen LogP contribution in [0.1, 0.15) is 61.5 Å². The Hall–Kier alpha value is -0.410. The van der Waals surface area contributed by atoms with Crippen LogP contribution in [0.4, 0.5) is 0 Å². The molecule has 2 N–H and O–H groups in total. The highest BCUT2D eigenvalue weighted by molar-refractivity contribution is 7.12. The lowest BCUT2D eigenvalue weighted by atomic mass is 9.73. The van der Waals surface area contributed by atoms with Crippen LogP contribution in [-0.2, 0) is 18.4 Å². The average molecular weight is 264 g/mol. The number of hydrogen-bond acceptors (Lipinski definition) is 3. The molecule has 100 valence electrons. The number of aromatic nitrogens is 1. The van der Waals surface area contributed by atoms with E-state index in [1.807, 2.05) is 11.3 Å². The molecule has 0 aliphatic heterocycles. The van der Waals surface area contributed by atoms with E-state index >= 15 is 0 Å². The number of thiazole rings is 1. The van der Waals surface area contributed by atoms with Crippen molar-refractivity contribution in [3.05, 3.63) is 15.6 Å². The highest BCUT2D eigenvalue weighted by Crippen LogP contribution is 2.42. The Morgan fingerprint density at radius 3 is 2.61 bits per heavy atom. The second-order valence-corrected chi connectivity index (χ2v) is 7.56. The van der Waals surface area contributed by atoms with Crippen LogP contribution in [-0.4, -0.2) is 4.98 Å². The van der Waals surface area contributed by atoms with Crippen molar-refractivity contribution >= 4 is 11.3 Å². The van der Waals surface area contributed by atoms with E-state index in [0.717, 1.165) is 24.7 Å². The van der Waals surface area contributed by atoms with Crippen LogP contribution in [0.5, 0.6) is 0 Å². The van der Waals surface area contributed by atoms with Crippen molar-refractivity contribution in [1.29, 1.82) is 0 Å². The molecule has 0 atom stereocenters. The van der Waals surface area contributed by atoms with Gasteiger partial charge in [0.2, 0.25) is 0 Å². The standard InChI is InChI=1S/C15H24N2S/c1-10(2)11-6-8-15(16,9-7-11)14-17-12-4-3-5-13(12)18-14/h10-11H,3-9,16H2,1-2H3. The molecule has 0 aromatic carbocycles. The van der Waals surface area contributed by atoms with E-state index < -0.39 is 0 Å². The van der Waals surface area contributed by atoms with Gasteiger partial charge < -0.3 is 5.73 Å². The third-order valence-electron chi connectivity index (χ3n) is 4.89. The van der Waals surface area contributed by atoms with Crippen molar-refractivity contribution in [2.24, 2.45) is 17.6 Å². The molecule has 0 radical (unpaired) electrons. The number of nitrogens with zero attached hydrogens (tertiary/aromatic N) is 1. The Kier molecular flexibility index (Phi) is 3.23. The lowest BCUT2D eigenvalue weighted by Gasteiger charge is -2.37. The fraction of sp³-hybridized carbons (Fsp3) is 0.800. The third kappa shape index (κ3) is 2.12. The van der Waals surface area contributed by atoms with Gasteiger partial charge in [0.05, 0.1) is 11.2 Å². The van der Waals surface area contributed by atoms with Crippen molar-refractivity contribution in [3.8, 4) is 0 Å². The third-order valence-corrected chi connectivity index (χ3v) is 6.26. The molecule has 2 aliphatic rings. The second-order valence-electron chi connectivity index (χ2n) is 6.48. The summed E-state index contributed by atoms with van der Waals surface area (Å²) in [5, 5.41) is 1.23. The molecule has 2 nitrogen and oxygen atoms in total. The second kappa shape index (κ2) is 4.61. The normalized spacial score (nSPS) is 31.9. The van der Waals surface area contributed by atoms with Crippen LogP contribution in [0.15, 0.2) is 0 Å². The Morgan fingerprint density at radius 2 is 2.00 bits per heavy atom. The molecule has 0 spiro atoms. The smallest absolute Gasteiger partial charge is 0.113 e. The van der Waals surface area contributed by atoms with Gasteiger partial charge in [-0.25, -0.2) is 4.98 Å². The predicted molar refractivity (Wildman–Crippen MR) is 76.8 cm³/mol. The molecule has 18 heavy (non-hydrogen) atoms. The minimum atomic E-state index is -0.111. The fourth-order valence-electron chi connectivity index (χ4n) is 3.44. The van der Waals surface area contributed by atoms with E-state index in [1.165, 1.54) is 47.7 Å². The number of fused-ring (bicyclic) bond motifs is 1. The van der Waals surface area contributed by atoms with Crippen LogP contribution in [0.3, 0.4) is 0 Å². The first-order valence-corrected chi connectivity index (χ1v) is 8.18. The first kappa shape index (κ1) is 12.6. The van der Waals surface area contributed by atoms with Crippen LogP contribution >= 0.6 is 11.3 Å². The van der Waals surface area contributed by atoms with Gasteiger partial charge in [-0.3, -0.25) is 0 Å². The minimum absolute atomic E-state index is 0.111. The lowest BCUT2D eigenvalue weighted by molar-refractivity contribution is 0.195. The predicted octanol–water partition coefficient (Wildman–Crippen LogP) is 3.63. The van der Waals surface area contributed by atoms with Crippen molar-refractivity contribution in [2.45, 2.75) is 64.3 Å². The zero-order valence-electron chi connectivity index (χ0n) is 11.5. The number of rotatable bonds is 2. The zero-order chi connectivity index (χ0) is 12.8. The molecule has 3 rings (SSSR count). The molecule has 2 aliphatic carbocycles. The van der Waals surface area contributed by atoms with E-state index in [4.69, 9.17) is 10.7 Å². The highest BCUT2D eigenvalue weighted by atomic mass is 32.1. The Bertz CT molecular complexity index is 406. The molecule has 1 aromatic rings. The maximum absolute atomic E-state index is 6.65. The first-order chi connectivity index (χ1) is 8.58. The van der Waals surface area contributed by atoms with Gasteiger partial charge in [-0.2, -0.15) is 0 Å². The quantitative estimate of drug-likeness (QED) is 0.886. The molecule has 1 heterocycles. The van der Waals surface area contributed by atoms with Crippen LogP contribution in [0.2, 0.25) is 0 Å². The van der Waals surface area contributed by atoms with E-state index in [0.29, 0.717) is 0 Å². The van der Waals surface area contributed by atoms with Gasteiger partial charge in [-0.1, -0.05) is 13.8 Å². The Morgan fingerprint density at radius 1 is 1.28 bits per heavy atom. The minimum Gasteiger partial charge on any atom is -0.319 e. The molecule has 3 heteroatoms. The summed E-state index contributed by atoms with van der Waals surface area (Å²) in [5.74, 6) is 1.67. The summed E-state index contributed by atoms with van der Waals surface area (Å²) in [6, 6.07) is 0. The summed E-state index contributed by atoms with van der Waals surface area (Å²) in [4.78, 5) is 6.36. The largest absolute Gasteiger partial charge is 0.319 e. The summed E-state index contributed by atoms with van der Waals surface area (Å²) < 4.78 is 0. The molecule has 0 amide bonds. The van der Waals surface area contributed by atoms with Crippen molar-refractivity contribution in [2.75, 3.05) is 0 Å². The van der Waals surface area contributed by atoms with E-state index in [2.05, 4.69) is 13.8 Å². The number of aryl methyl sites for hydroxylation is 2. The maximum Gasteiger partial charge on any atom is 0.113 e. The van der Waals surface area contributed by atoms with Gasteiger partial charge >= 0.3 is 0 Å². The van der Waals surface area contributed by atoms with Gasteiger partial charge in [-0.05, 0) is 56.8 Å². The van der Waals surface area contributed by atoms with Gasteiger partial charge in [0, 0.05) is 4.88 Å². The maximum atomic E-state index is 6.65. The topological polar surface area (TPSA) is 38.9 Å². The Labute approximate surface area is 114 Å². The van der Waals surface area contributed by atoms with Gasteiger partial charge in [-0.15, -0.1) is 11.3 Å². The van der Waals surface area contributed by atoms with Crippen LogP contribution < -0.4 is 5.73 Å². The van der Waals surface area contributed by atoms with Crippen molar-refractivity contribution in [1.82, 2.24) is 4.98 Å². The van der Waals surface area contributed by atoms with Crippen molar-refractivity contribution in [3.63, 3.8) is 0 Å². The monoisotopic (exact) mass is 264 g/mol. The average Bonchev–Trinajstić information content (AvgIpc) is 2.89. The van der Waals surface area contributed by atoms with Crippen LogP contribution in [0.25, 0.3) is 0 Å². The van der Waals surface area contributed by atoms with E-state index in [-0.39, 0.29) is 5.54 Å². The fourth-order valence-corrected chi connectivity index (χ4v) is 4.75. The summed E-state index contributed by atoms with van der Waals surface area (Å²) in [6.07, 6.45) is 8.51. The van der Waals surface area contributed by atoms with Crippen molar-refractivity contribution < 1.29 is 0 Å². The van der Waals surface area contributed by atoms with Gasteiger partial charge in [0.1, 0.15) is 5.01 Å². The van der Waals surface area contributed by atoms with Gasteiger partial charge in [0.25, 0.3) is 0 Å². The number of hydrogen-bond donors (Lipinski definition) is 1. The Balaban J connectivity index is 1.75. The summed E-state index contributed by atoms with van der Waals surface area (Å²) in [5.41, 5.74) is 7.89. The molecule has 1 saturated carbocycles. The molecular formula is C15H24N2S. The molecule has 0 unspecified atom stereocenters. The van der Waals surface area contributed by atoms with E-state index in [1.54, 1.807) is 0 Å².